The molecule has 96 valence electrons. The van der Waals surface area contributed by atoms with Crippen LogP contribution in [0.15, 0.2) is 29.6 Å². The minimum atomic E-state index is -4.68. The molecule has 1 aromatic heterocycles. The molecular formula is C10H8F3N3OS. The van der Waals surface area contributed by atoms with Crippen molar-refractivity contribution in [3.05, 3.63) is 29.6 Å². The number of ether oxygens (including phenoxy) is 1. The van der Waals surface area contributed by atoms with E-state index in [0.29, 0.717) is 16.6 Å². The Labute approximate surface area is 104 Å². The van der Waals surface area contributed by atoms with Crippen molar-refractivity contribution in [1.29, 1.82) is 0 Å². The van der Waals surface area contributed by atoms with E-state index in [1.165, 1.54) is 35.6 Å². The van der Waals surface area contributed by atoms with E-state index in [2.05, 4.69) is 15.0 Å². The highest BCUT2D eigenvalue weighted by Gasteiger charge is 2.30. The zero-order valence-electron chi connectivity index (χ0n) is 8.86. The quantitative estimate of drug-likeness (QED) is 0.901. The zero-order valence-corrected chi connectivity index (χ0v) is 9.68. The molecule has 0 saturated carbocycles. The summed E-state index contributed by atoms with van der Waals surface area (Å²) in [6, 6.07) is 5.34. The molecule has 3 N–H and O–H groups in total. The van der Waals surface area contributed by atoms with Gasteiger partial charge in [-0.25, -0.2) is 4.98 Å². The lowest BCUT2D eigenvalue weighted by Crippen LogP contribution is -2.16. The summed E-state index contributed by atoms with van der Waals surface area (Å²) in [7, 11) is 0. The van der Waals surface area contributed by atoms with E-state index in [9.17, 15) is 13.2 Å². The number of nitrogen functional groups attached to an aromatic ring is 1. The number of aromatic nitrogens is 1. The van der Waals surface area contributed by atoms with E-state index in [1.807, 2.05) is 0 Å². The predicted molar refractivity (Wildman–Crippen MR) is 62.9 cm³/mol. The van der Waals surface area contributed by atoms with Crippen LogP contribution in [0.3, 0.4) is 0 Å². The van der Waals surface area contributed by atoms with Gasteiger partial charge in [-0.3, -0.25) is 0 Å². The van der Waals surface area contributed by atoms with Gasteiger partial charge >= 0.3 is 6.36 Å². The Morgan fingerprint density at radius 3 is 2.39 bits per heavy atom. The smallest absolute Gasteiger partial charge is 0.406 e. The molecular weight excluding hydrogens is 267 g/mol. The average Bonchev–Trinajstić information content (AvgIpc) is 2.65. The number of benzene rings is 1. The van der Waals surface area contributed by atoms with Crippen molar-refractivity contribution in [3.8, 4) is 5.75 Å². The van der Waals surface area contributed by atoms with Gasteiger partial charge in [0.05, 0.1) is 0 Å². The maximum absolute atomic E-state index is 11.9. The van der Waals surface area contributed by atoms with Crippen LogP contribution in [0.25, 0.3) is 0 Å². The third-order valence-corrected chi connectivity index (χ3v) is 2.64. The number of nitrogens with zero attached hydrogens (tertiary/aromatic N) is 1. The van der Waals surface area contributed by atoms with Crippen LogP contribution in [-0.4, -0.2) is 11.3 Å². The van der Waals surface area contributed by atoms with Gasteiger partial charge in [-0.1, -0.05) is 0 Å². The van der Waals surface area contributed by atoms with Gasteiger partial charge in [-0.2, -0.15) is 0 Å². The molecule has 0 aliphatic heterocycles. The Morgan fingerprint density at radius 1 is 1.22 bits per heavy atom. The highest BCUT2D eigenvalue weighted by molar-refractivity contribution is 7.14. The summed E-state index contributed by atoms with van der Waals surface area (Å²) in [6.45, 7) is 0. The third kappa shape index (κ3) is 3.52. The Morgan fingerprint density at radius 2 is 1.89 bits per heavy atom. The van der Waals surface area contributed by atoms with Crippen molar-refractivity contribution in [1.82, 2.24) is 4.98 Å². The van der Waals surface area contributed by atoms with E-state index >= 15 is 0 Å². The second kappa shape index (κ2) is 4.73. The highest BCUT2D eigenvalue weighted by Crippen LogP contribution is 2.26. The van der Waals surface area contributed by atoms with Crippen molar-refractivity contribution >= 4 is 28.0 Å². The second-order valence-electron chi connectivity index (χ2n) is 3.27. The highest BCUT2D eigenvalue weighted by atomic mass is 32.1. The number of rotatable bonds is 3. The lowest BCUT2D eigenvalue weighted by Gasteiger charge is -2.09. The van der Waals surface area contributed by atoms with E-state index in [0.717, 1.165) is 0 Å². The van der Waals surface area contributed by atoms with Gasteiger partial charge in [0, 0.05) is 11.1 Å². The monoisotopic (exact) mass is 275 g/mol. The fourth-order valence-corrected chi connectivity index (χ4v) is 1.83. The molecule has 0 fully saturated rings. The van der Waals surface area contributed by atoms with Gasteiger partial charge in [0.2, 0.25) is 0 Å². The van der Waals surface area contributed by atoms with E-state index in [-0.39, 0.29) is 5.75 Å². The van der Waals surface area contributed by atoms with Gasteiger partial charge in [-0.05, 0) is 24.3 Å². The van der Waals surface area contributed by atoms with Gasteiger partial charge in [-0.15, -0.1) is 24.5 Å². The summed E-state index contributed by atoms with van der Waals surface area (Å²) >= 11 is 1.30. The fourth-order valence-electron chi connectivity index (χ4n) is 1.21. The summed E-state index contributed by atoms with van der Waals surface area (Å²) in [5.41, 5.74) is 6.04. The molecule has 0 aliphatic carbocycles. The number of thiazole rings is 1. The van der Waals surface area contributed by atoms with Crippen LogP contribution in [0.1, 0.15) is 0 Å². The maximum Gasteiger partial charge on any atom is 0.573 e. The average molecular weight is 275 g/mol. The van der Waals surface area contributed by atoms with E-state index in [4.69, 9.17) is 5.73 Å². The SMILES string of the molecule is Nc1csc(Nc2ccc(OC(F)(F)F)cc2)n1. The lowest BCUT2D eigenvalue weighted by molar-refractivity contribution is -0.274. The van der Waals surface area contributed by atoms with Gasteiger partial charge < -0.3 is 15.8 Å². The molecule has 0 amide bonds. The molecule has 0 atom stereocenters. The first-order chi connectivity index (χ1) is 8.42. The summed E-state index contributed by atoms with van der Waals surface area (Å²) < 4.78 is 39.5. The summed E-state index contributed by atoms with van der Waals surface area (Å²) in [5, 5.41) is 5.13. The Hall–Kier alpha value is -1.96. The standard InChI is InChI=1S/C10H8F3N3OS/c11-10(12,13)17-7-3-1-6(2-4-7)15-9-16-8(14)5-18-9/h1-5H,14H2,(H,15,16). The number of anilines is 3. The molecule has 18 heavy (non-hydrogen) atoms. The molecule has 2 aromatic rings. The predicted octanol–water partition coefficient (Wildman–Crippen LogP) is 3.37. The van der Waals surface area contributed by atoms with Crippen LogP contribution in [0, 0.1) is 0 Å². The third-order valence-electron chi connectivity index (χ3n) is 1.86. The minimum absolute atomic E-state index is 0.272. The lowest BCUT2D eigenvalue weighted by atomic mass is 10.3. The van der Waals surface area contributed by atoms with Crippen molar-refractivity contribution in [2.75, 3.05) is 11.1 Å². The topological polar surface area (TPSA) is 60.2 Å². The normalized spacial score (nSPS) is 11.3. The van der Waals surface area contributed by atoms with Gasteiger partial charge in [0.15, 0.2) is 5.13 Å². The molecule has 1 heterocycles. The molecule has 8 heteroatoms. The molecule has 4 nitrogen and oxygen atoms in total. The first-order valence-electron chi connectivity index (χ1n) is 4.76. The number of nitrogens with one attached hydrogen (secondary N) is 1. The summed E-state index contributed by atoms with van der Waals surface area (Å²) in [5.74, 6) is 0.117. The van der Waals surface area contributed by atoms with Gasteiger partial charge in [0.1, 0.15) is 11.6 Å². The van der Waals surface area contributed by atoms with Crippen LogP contribution in [0.2, 0.25) is 0 Å². The van der Waals surface area contributed by atoms with E-state index in [1.54, 1.807) is 5.38 Å². The number of halogens is 3. The Balaban J connectivity index is 2.04. The molecule has 0 radical (unpaired) electrons. The van der Waals surface area contributed by atoms with Gasteiger partial charge in [0.25, 0.3) is 0 Å². The molecule has 0 saturated heterocycles. The first-order valence-corrected chi connectivity index (χ1v) is 5.64. The van der Waals surface area contributed by atoms with Crippen LogP contribution < -0.4 is 15.8 Å². The van der Waals surface area contributed by atoms with Crippen LogP contribution in [0.5, 0.6) is 5.75 Å². The summed E-state index contributed by atoms with van der Waals surface area (Å²) in [6.07, 6.45) is -4.68. The molecule has 0 aliphatic rings. The summed E-state index contributed by atoms with van der Waals surface area (Å²) in [4.78, 5) is 3.96. The van der Waals surface area contributed by atoms with Crippen LogP contribution in [-0.2, 0) is 0 Å². The molecule has 1 aromatic carbocycles. The molecule has 0 bridgehead atoms. The number of alkyl halides is 3. The minimum Gasteiger partial charge on any atom is -0.406 e. The fraction of sp³-hybridized carbons (Fsp3) is 0.100. The van der Waals surface area contributed by atoms with Crippen molar-refractivity contribution < 1.29 is 17.9 Å². The molecule has 0 unspecified atom stereocenters. The largest absolute Gasteiger partial charge is 0.573 e. The first kappa shape index (κ1) is 12.5. The van der Waals surface area contributed by atoms with Crippen molar-refractivity contribution in [2.45, 2.75) is 6.36 Å². The van der Waals surface area contributed by atoms with Crippen molar-refractivity contribution in [2.24, 2.45) is 0 Å². The number of hydrogen-bond acceptors (Lipinski definition) is 5. The molecule has 2 rings (SSSR count). The van der Waals surface area contributed by atoms with Crippen LogP contribution in [0.4, 0.5) is 29.8 Å². The van der Waals surface area contributed by atoms with Crippen molar-refractivity contribution in [3.63, 3.8) is 0 Å². The maximum atomic E-state index is 11.9. The Bertz CT molecular complexity index is 524. The Kier molecular flexibility index (Phi) is 3.28. The van der Waals surface area contributed by atoms with Crippen LogP contribution >= 0.6 is 11.3 Å². The zero-order chi connectivity index (χ0) is 13.2. The second-order valence-corrected chi connectivity index (χ2v) is 4.13. The van der Waals surface area contributed by atoms with E-state index < -0.39 is 6.36 Å². The number of nitrogens with two attached hydrogens (primary N) is 1. The molecule has 0 spiro atoms. The number of hydrogen-bond donors (Lipinski definition) is 2.